The van der Waals surface area contributed by atoms with E-state index in [0.29, 0.717) is 17.1 Å². The molecule has 0 fully saturated rings. The fraction of sp³-hybridized carbons (Fsp3) is 0.364. The first kappa shape index (κ1) is 21.3. The van der Waals surface area contributed by atoms with Crippen LogP contribution in [-0.2, 0) is 4.79 Å². The minimum atomic E-state index is -0.388. The summed E-state index contributed by atoms with van der Waals surface area (Å²) >= 11 is 0. The van der Waals surface area contributed by atoms with E-state index in [9.17, 15) is 9.59 Å². The normalized spacial score (nSPS) is 11.8. The number of nitrogens with one attached hydrogen (secondary N) is 2. The maximum atomic E-state index is 12.9. The number of furan rings is 1. The molecule has 0 radical (unpaired) electrons. The van der Waals surface area contributed by atoms with Crippen LogP contribution in [0.5, 0.6) is 5.75 Å². The monoisotopic (exact) mass is 384 g/mol. The zero-order chi connectivity index (χ0) is 20.7. The maximum absolute atomic E-state index is 12.9. The Morgan fingerprint density at radius 1 is 1.04 bits per heavy atom. The SMILES string of the molecule is COc1ccc(C(=O)N/C(=C\c2ccco2)C(=O)NC(C(C)C)C(C)C)cc1. The van der Waals surface area contributed by atoms with Gasteiger partial charge in [-0.05, 0) is 48.2 Å². The number of hydrogen-bond acceptors (Lipinski definition) is 4. The van der Waals surface area contributed by atoms with Crippen molar-refractivity contribution in [1.82, 2.24) is 10.6 Å². The van der Waals surface area contributed by atoms with Crippen molar-refractivity contribution >= 4 is 17.9 Å². The number of ether oxygens (including phenoxy) is 1. The highest BCUT2D eigenvalue weighted by atomic mass is 16.5. The van der Waals surface area contributed by atoms with E-state index in [1.807, 2.05) is 0 Å². The lowest BCUT2D eigenvalue weighted by Crippen LogP contribution is -2.45. The molecule has 6 heteroatoms. The van der Waals surface area contributed by atoms with E-state index in [1.54, 1.807) is 43.5 Å². The lowest BCUT2D eigenvalue weighted by Gasteiger charge is -2.26. The molecule has 0 saturated heterocycles. The van der Waals surface area contributed by atoms with Crippen LogP contribution in [0.3, 0.4) is 0 Å². The summed E-state index contributed by atoms with van der Waals surface area (Å²) in [6.45, 7) is 8.21. The third-order valence-corrected chi connectivity index (χ3v) is 4.41. The molecule has 0 atom stereocenters. The lowest BCUT2D eigenvalue weighted by atomic mass is 9.93. The molecular weight excluding hydrogens is 356 g/mol. The highest BCUT2D eigenvalue weighted by Gasteiger charge is 2.23. The molecule has 0 aliphatic heterocycles. The molecule has 150 valence electrons. The summed E-state index contributed by atoms with van der Waals surface area (Å²) in [5, 5.41) is 5.72. The van der Waals surface area contributed by atoms with Crippen molar-refractivity contribution < 1.29 is 18.7 Å². The van der Waals surface area contributed by atoms with Gasteiger partial charge in [-0.3, -0.25) is 9.59 Å². The molecule has 1 aromatic carbocycles. The van der Waals surface area contributed by atoms with E-state index < -0.39 is 0 Å². The Kier molecular flexibility index (Phi) is 7.44. The van der Waals surface area contributed by atoms with Gasteiger partial charge in [-0.2, -0.15) is 0 Å². The van der Waals surface area contributed by atoms with E-state index in [0.717, 1.165) is 0 Å². The van der Waals surface area contributed by atoms with Gasteiger partial charge in [-0.1, -0.05) is 27.7 Å². The molecule has 2 amide bonds. The first-order valence-electron chi connectivity index (χ1n) is 9.33. The lowest BCUT2D eigenvalue weighted by molar-refractivity contribution is -0.119. The highest BCUT2D eigenvalue weighted by molar-refractivity contribution is 6.05. The number of methoxy groups -OCH3 is 1. The smallest absolute Gasteiger partial charge is 0.268 e. The summed E-state index contributed by atoms with van der Waals surface area (Å²) in [6, 6.07) is 10.1. The molecule has 1 aromatic heterocycles. The number of carbonyl (C=O) groups excluding carboxylic acids is 2. The summed E-state index contributed by atoms with van der Waals surface area (Å²) in [4.78, 5) is 25.5. The van der Waals surface area contributed by atoms with Gasteiger partial charge in [0.1, 0.15) is 17.2 Å². The number of rotatable bonds is 8. The van der Waals surface area contributed by atoms with Crippen LogP contribution in [0.25, 0.3) is 6.08 Å². The summed E-state index contributed by atoms with van der Waals surface area (Å²) in [7, 11) is 1.56. The average molecular weight is 384 g/mol. The Morgan fingerprint density at radius 3 is 2.18 bits per heavy atom. The number of carbonyl (C=O) groups is 2. The largest absolute Gasteiger partial charge is 0.497 e. The summed E-state index contributed by atoms with van der Waals surface area (Å²) in [5.74, 6) is 0.896. The van der Waals surface area contributed by atoms with E-state index in [4.69, 9.17) is 9.15 Å². The van der Waals surface area contributed by atoms with E-state index in [-0.39, 0.29) is 35.4 Å². The van der Waals surface area contributed by atoms with Crippen molar-refractivity contribution in [1.29, 1.82) is 0 Å². The van der Waals surface area contributed by atoms with Crippen LogP contribution < -0.4 is 15.4 Å². The van der Waals surface area contributed by atoms with Crippen LogP contribution >= 0.6 is 0 Å². The van der Waals surface area contributed by atoms with Crippen molar-refractivity contribution in [3.8, 4) is 5.75 Å². The number of benzene rings is 1. The van der Waals surface area contributed by atoms with Crippen LogP contribution in [0.15, 0.2) is 52.8 Å². The van der Waals surface area contributed by atoms with E-state index in [1.165, 1.54) is 12.3 Å². The van der Waals surface area contributed by atoms with Gasteiger partial charge in [-0.15, -0.1) is 0 Å². The Hall–Kier alpha value is -3.02. The van der Waals surface area contributed by atoms with Gasteiger partial charge in [0.15, 0.2) is 0 Å². The van der Waals surface area contributed by atoms with Crippen LogP contribution in [-0.4, -0.2) is 25.0 Å². The predicted molar refractivity (Wildman–Crippen MR) is 109 cm³/mol. The Morgan fingerprint density at radius 2 is 1.68 bits per heavy atom. The van der Waals surface area contributed by atoms with Crippen molar-refractivity contribution in [2.45, 2.75) is 33.7 Å². The fourth-order valence-electron chi connectivity index (χ4n) is 2.94. The van der Waals surface area contributed by atoms with E-state index >= 15 is 0 Å². The zero-order valence-corrected chi connectivity index (χ0v) is 17.0. The molecule has 2 N–H and O–H groups in total. The number of hydrogen-bond donors (Lipinski definition) is 2. The second-order valence-electron chi connectivity index (χ2n) is 7.24. The fourth-order valence-corrected chi connectivity index (χ4v) is 2.94. The highest BCUT2D eigenvalue weighted by Crippen LogP contribution is 2.15. The average Bonchev–Trinajstić information content (AvgIpc) is 3.18. The Balaban J connectivity index is 2.24. The van der Waals surface area contributed by atoms with Crippen molar-refractivity contribution in [2.24, 2.45) is 11.8 Å². The molecule has 0 aliphatic rings. The summed E-state index contributed by atoms with van der Waals surface area (Å²) in [5.41, 5.74) is 0.547. The van der Waals surface area contributed by atoms with Crippen molar-refractivity contribution in [3.63, 3.8) is 0 Å². The molecule has 0 spiro atoms. The topological polar surface area (TPSA) is 80.6 Å². The van der Waals surface area contributed by atoms with Gasteiger partial charge in [0, 0.05) is 17.7 Å². The Labute approximate surface area is 166 Å². The molecule has 2 rings (SSSR count). The van der Waals surface area contributed by atoms with Crippen LogP contribution in [0.1, 0.15) is 43.8 Å². The van der Waals surface area contributed by atoms with Gasteiger partial charge in [-0.25, -0.2) is 0 Å². The standard InChI is InChI=1S/C22H28N2O4/c1-14(2)20(15(3)4)24-22(26)19(13-18-7-6-12-28-18)23-21(25)16-8-10-17(27-5)11-9-16/h6-15,20H,1-5H3,(H,23,25)(H,24,26)/b19-13-. The maximum Gasteiger partial charge on any atom is 0.268 e. The third-order valence-electron chi connectivity index (χ3n) is 4.41. The number of amides is 2. The summed E-state index contributed by atoms with van der Waals surface area (Å²) < 4.78 is 10.4. The van der Waals surface area contributed by atoms with Gasteiger partial charge >= 0.3 is 0 Å². The van der Waals surface area contributed by atoms with Crippen molar-refractivity contribution in [2.75, 3.05) is 7.11 Å². The van der Waals surface area contributed by atoms with Crippen LogP contribution in [0, 0.1) is 11.8 Å². The zero-order valence-electron chi connectivity index (χ0n) is 17.0. The van der Waals surface area contributed by atoms with Crippen LogP contribution in [0.2, 0.25) is 0 Å². The molecule has 0 saturated carbocycles. The minimum Gasteiger partial charge on any atom is -0.497 e. The molecule has 1 heterocycles. The molecule has 0 unspecified atom stereocenters. The Bertz CT molecular complexity index is 798. The van der Waals surface area contributed by atoms with Gasteiger partial charge in [0.25, 0.3) is 11.8 Å². The van der Waals surface area contributed by atoms with Gasteiger partial charge < -0.3 is 19.8 Å². The molecule has 0 aliphatic carbocycles. The van der Waals surface area contributed by atoms with Crippen LogP contribution in [0.4, 0.5) is 0 Å². The minimum absolute atomic E-state index is 0.0228. The molecule has 28 heavy (non-hydrogen) atoms. The van der Waals surface area contributed by atoms with E-state index in [2.05, 4.69) is 38.3 Å². The second kappa shape index (κ2) is 9.78. The molecule has 0 bridgehead atoms. The van der Waals surface area contributed by atoms with Crippen molar-refractivity contribution in [3.05, 3.63) is 59.7 Å². The second-order valence-corrected chi connectivity index (χ2v) is 7.24. The molecular formula is C22H28N2O4. The molecule has 6 nitrogen and oxygen atoms in total. The summed E-state index contributed by atoms with van der Waals surface area (Å²) in [6.07, 6.45) is 3.03. The first-order valence-corrected chi connectivity index (χ1v) is 9.33. The quantitative estimate of drug-likeness (QED) is 0.678. The van der Waals surface area contributed by atoms with Gasteiger partial charge in [0.2, 0.25) is 0 Å². The first-order chi connectivity index (χ1) is 13.3. The molecule has 2 aromatic rings. The van der Waals surface area contributed by atoms with Gasteiger partial charge in [0.05, 0.1) is 13.4 Å². The third kappa shape index (κ3) is 5.74. The predicted octanol–water partition coefficient (Wildman–Crippen LogP) is 3.86.